The van der Waals surface area contributed by atoms with Crippen LogP contribution in [0.15, 0.2) is 17.4 Å². The number of methoxy groups -OCH3 is 1. The van der Waals surface area contributed by atoms with Crippen LogP contribution in [0, 0.1) is 5.92 Å². The molecule has 5 nitrogen and oxygen atoms in total. The van der Waals surface area contributed by atoms with Crippen LogP contribution in [0.2, 0.25) is 0 Å². The van der Waals surface area contributed by atoms with Gasteiger partial charge in [0.25, 0.3) is 0 Å². The average molecular weight is 342 g/mol. The lowest BCUT2D eigenvalue weighted by atomic mass is 9.65. The SMILES string of the molecule is COC1=C(C(C)C)C(=O)c2c(O)cc3c(c2C1=O)[C@@H]1CC[C@@]3(C)CO1. The zero-order chi connectivity index (χ0) is 18.1. The third-order valence-electron chi connectivity index (χ3n) is 5.81. The van der Waals surface area contributed by atoms with Gasteiger partial charge >= 0.3 is 0 Å². The summed E-state index contributed by atoms with van der Waals surface area (Å²) in [6, 6.07) is 1.67. The molecule has 4 aliphatic rings. The lowest BCUT2D eigenvalue weighted by Crippen LogP contribution is -2.43. The summed E-state index contributed by atoms with van der Waals surface area (Å²) in [6.45, 7) is 6.32. The van der Waals surface area contributed by atoms with Gasteiger partial charge in [-0.3, -0.25) is 9.59 Å². The minimum atomic E-state index is -0.326. The largest absolute Gasteiger partial charge is 0.507 e. The molecule has 0 saturated carbocycles. The minimum Gasteiger partial charge on any atom is -0.507 e. The molecule has 2 aliphatic heterocycles. The third kappa shape index (κ3) is 1.99. The molecule has 1 fully saturated rings. The highest BCUT2D eigenvalue weighted by Crippen LogP contribution is 2.53. The van der Waals surface area contributed by atoms with E-state index in [-0.39, 0.29) is 51.6 Å². The number of hydrogen-bond donors (Lipinski definition) is 1. The van der Waals surface area contributed by atoms with E-state index in [4.69, 9.17) is 9.47 Å². The molecule has 0 spiro atoms. The Balaban J connectivity index is 2.06. The quantitative estimate of drug-likeness (QED) is 0.891. The number of aromatic hydroxyl groups is 1. The van der Waals surface area contributed by atoms with Crippen LogP contribution in [-0.4, -0.2) is 30.4 Å². The molecule has 132 valence electrons. The van der Waals surface area contributed by atoms with Gasteiger partial charge in [0.2, 0.25) is 5.78 Å². The fourth-order valence-corrected chi connectivity index (χ4v) is 4.51. The second-order valence-corrected chi connectivity index (χ2v) is 7.77. The molecule has 0 unspecified atom stereocenters. The van der Waals surface area contributed by atoms with Gasteiger partial charge in [0.1, 0.15) is 5.75 Å². The predicted molar refractivity (Wildman–Crippen MR) is 90.9 cm³/mol. The van der Waals surface area contributed by atoms with E-state index in [9.17, 15) is 14.7 Å². The predicted octanol–water partition coefficient (Wildman–Crippen LogP) is 3.45. The first-order chi connectivity index (χ1) is 11.8. The van der Waals surface area contributed by atoms with Crippen molar-refractivity contribution in [2.24, 2.45) is 5.92 Å². The molecule has 1 N–H and O–H groups in total. The maximum atomic E-state index is 13.2. The molecule has 25 heavy (non-hydrogen) atoms. The lowest BCUT2D eigenvalue weighted by molar-refractivity contribution is -0.0469. The van der Waals surface area contributed by atoms with Crippen molar-refractivity contribution >= 4 is 11.6 Å². The van der Waals surface area contributed by atoms with Crippen LogP contribution in [-0.2, 0) is 14.9 Å². The molecule has 2 heterocycles. The molecule has 0 aromatic heterocycles. The second-order valence-electron chi connectivity index (χ2n) is 7.77. The Hall–Kier alpha value is -2.14. The number of allylic oxidation sites excluding steroid dienone is 2. The summed E-state index contributed by atoms with van der Waals surface area (Å²) in [5, 5.41) is 10.6. The number of phenolic OH excluding ortho intramolecular Hbond substituents is 1. The van der Waals surface area contributed by atoms with Gasteiger partial charge in [0.05, 0.1) is 25.4 Å². The van der Waals surface area contributed by atoms with Crippen LogP contribution < -0.4 is 0 Å². The van der Waals surface area contributed by atoms with Crippen LogP contribution in [0.5, 0.6) is 5.75 Å². The number of ether oxygens (including phenoxy) is 2. The first-order valence-electron chi connectivity index (χ1n) is 8.69. The van der Waals surface area contributed by atoms with Gasteiger partial charge in [-0.15, -0.1) is 0 Å². The normalized spacial score (nSPS) is 27.6. The summed E-state index contributed by atoms with van der Waals surface area (Å²) in [6.07, 6.45) is 1.54. The summed E-state index contributed by atoms with van der Waals surface area (Å²) in [4.78, 5) is 26.3. The smallest absolute Gasteiger partial charge is 0.229 e. The molecule has 1 aromatic carbocycles. The monoisotopic (exact) mass is 342 g/mol. The van der Waals surface area contributed by atoms with Gasteiger partial charge in [-0.2, -0.15) is 0 Å². The van der Waals surface area contributed by atoms with Gasteiger partial charge < -0.3 is 14.6 Å². The number of carbonyl (C=O) groups excluding carboxylic acids is 2. The minimum absolute atomic E-state index is 0.0897. The number of ketones is 2. The van der Waals surface area contributed by atoms with Crippen molar-refractivity contribution in [2.75, 3.05) is 13.7 Å². The van der Waals surface area contributed by atoms with E-state index in [2.05, 4.69) is 6.92 Å². The van der Waals surface area contributed by atoms with Gasteiger partial charge in [-0.1, -0.05) is 20.8 Å². The molecule has 0 radical (unpaired) electrons. The lowest BCUT2D eigenvalue weighted by Gasteiger charge is -2.47. The van der Waals surface area contributed by atoms with Crippen LogP contribution in [0.3, 0.4) is 0 Å². The summed E-state index contributed by atoms with van der Waals surface area (Å²) in [7, 11) is 1.41. The van der Waals surface area contributed by atoms with E-state index in [1.54, 1.807) is 6.07 Å². The zero-order valence-corrected chi connectivity index (χ0v) is 14.9. The molecule has 2 bridgehead atoms. The standard InChI is InChI=1S/C20H22O5/c1-9(2)13-17(22)15-11(21)7-10-14(16(15)18(23)19(13)24-4)12-5-6-20(10,3)8-25-12/h7,9,12,21H,5-6,8H2,1-4H3/t12-,20-/m0/s1. The van der Waals surface area contributed by atoms with Crippen molar-refractivity contribution in [3.8, 4) is 5.75 Å². The van der Waals surface area contributed by atoms with Crippen LogP contribution in [0.1, 0.15) is 71.6 Å². The van der Waals surface area contributed by atoms with Gasteiger partial charge in [-0.05, 0) is 36.0 Å². The van der Waals surface area contributed by atoms with E-state index in [1.807, 2.05) is 13.8 Å². The molecule has 5 heteroatoms. The van der Waals surface area contributed by atoms with Crippen molar-refractivity contribution < 1.29 is 24.2 Å². The van der Waals surface area contributed by atoms with Crippen molar-refractivity contribution in [1.29, 1.82) is 0 Å². The van der Waals surface area contributed by atoms with E-state index in [0.29, 0.717) is 12.2 Å². The Bertz CT molecular complexity index is 838. The first-order valence-corrected chi connectivity index (χ1v) is 8.69. The molecule has 2 aliphatic carbocycles. The van der Waals surface area contributed by atoms with Crippen molar-refractivity contribution in [2.45, 2.75) is 45.1 Å². The summed E-state index contributed by atoms with van der Waals surface area (Å²) in [5.74, 6) is -0.859. The summed E-state index contributed by atoms with van der Waals surface area (Å²) >= 11 is 0. The van der Waals surface area contributed by atoms with Crippen LogP contribution in [0.4, 0.5) is 0 Å². The number of benzene rings is 1. The highest BCUT2D eigenvalue weighted by atomic mass is 16.5. The fourth-order valence-electron chi connectivity index (χ4n) is 4.51. The number of rotatable bonds is 2. The van der Waals surface area contributed by atoms with E-state index in [0.717, 1.165) is 24.0 Å². The Kier molecular flexibility index (Phi) is 3.38. The number of Topliss-reactive ketones (excluding diaryl/α,β-unsaturated/α-hetero) is 2. The van der Waals surface area contributed by atoms with E-state index < -0.39 is 0 Å². The highest BCUT2D eigenvalue weighted by Gasteiger charge is 2.48. The van der Waals surface area contributed by atoms with Crippen molar-refractivity contribution in [3.63, 3.8) is 0 Å². The maximum Gasteiger partial charge on any atom is 0.229 e. The van der Waals surface area contributed by atoms with Crippen LogP contribution >= 0.6 is 0 Å². The van der Waals surface area contributed by atoms with Gasteiger partial charge in [-0.25, -0.2) is 0 Å². The number of carbonyl (C=O) groups is 2. The molecular weight excluding hydrogens is 320 g/mol. The van der Waals surface area contributed by atoms with Crippen molar-refractivity contribution in [3.05, 3.63) is 39.7 Å². The van der Waals surface area contributed by atoms with Gasteiger partial charge in [0.15, 0.2) is 11.5 Å². The highest BCUT2D eigenvalue weighted by molar-refractivity contribution is 6.28. The van der Waals surface area contributed by atoms with Crippen LogP contribution in [0.25, 0.3) is 0 Å². The molecule has 0 amide bonds. The molecule has 1 saturated heterocycles. The number of phenols is 1. The Morgan fingerprint density at radius 2 is 2.00 bits per heavy atom. The maximum absolute atomic E-state index is 13.2. The van der Waals surface area contributed by atoms with Crippen molar-refractivity contribution in [1.82, 2.24) is 0 Å². The van der Waals surface area contributed by atoms with Gasteiger partial charge in [0, 0.05) is 16.6 Å². The summed E-state index contributed by atoms with van der Waals surface area (Å²) < 4.78 is 11.3. The average Bonchev–Trinajstić information content (AvgIpc) is 2.57. The topological polar surface area (TPSA) is 72.8 Å². The Morgan fingerprint density at radius 1 is 1.28 bits per heavy atom. The Morgan fingerprint density at radius 3 is 2.56 bits per heavy atom. The fraction of sp³-hybridized carbons (Fsp3) is 0.500. The van der Waals surface area contributed by atoms with E-state index in [1.165, 1.54) is 7.11 Å². The molecule has 2 atom stereocenters. The summed E-state index contributed by atoms with van der Waals surface area (Å²) in [5.41, 5.74) is 2.16. The molecule has 1 aromatic rings. The Labute approximate surface area is 146 Å². The zero-order valence-electron chi connectivity index (χ0n) is 14.9. The first kappa shape index (κ1) is 16.3. The number of fused-ring (bicyclic) bond motifs is 3. The molecular formula is C20H22O5. The second kappa shape index (κ2) is 5.18. The molecule has 5 rings (SSSR count). The van der Waals surface area contributed by atoms with E-state index >= 15 is 0 Å². The number of hydrogen-bond acceptors (Lipinski definition) is 5. The third-order valence-corrected chi connectivity index (χ3v) is 5.81.